The molecule has 4 N–H and O–H groups in total. The number of anilines is 1. The van der Waals surface area contributed by atoms with Crippen LogP contribution in [0, 0.1) is 11.8 Å². The minimum atomic E-state index is -1.26. The summed E-state index contributed by atoms with van der Waals surface area (Å²) in [5.74, 6) is 3.21. The van der Waals surface area contributed by atoms with Crippen molar-refractivity contribution in [2.24, 2.45) is 5.16 Å². The first-order chi connectivity index (χ1) is 14.4. The molecule has 1 fully saturated rings. The molecule has 1 aromatic rings. The van der Waals surface area contributed by atoms with Crippen LogP contribution in [0.5, 0.6) is 0 Å². The van der Waals surface area contributed by atoms with Crippen molar-refractivity contribution in [2.45, 2.75) is 11.4 Å². The summed E-state index contributed by atoms with van der Waals surface area (Å²) in [5, 5.41) is 17.0. The Morgan fingerprint density at radius 3 is 2.87 bits per heavy atom. The molecule has 2 aliphatic heterocycles. The fourth-order valence-electron chi connectivity index (χ4n) is 2.83. The smallest absolute Gasteiger partial charge is 0.353 e. The maximum absolute atomic E-state index is 12.7. The molecular weight excluding hydrogens is 434 g/mol. The van der Waals surface area contributed by atoms with E-state index in [0.29, 0.717) is 5.57 Å². The van der Waals surface area contributed by atoms with Gasteiger partial charge in [-0.15, -0.1) is 23.1 Å². The summed E-state index contributed by atoms with van der Waals surface area (Å²) >= 11 is 2.42. The quantitative estimate of drug-likeness (QED) is 0.224. The van der Waals surface area contributed by atoms with Crippen LogP contribution >= 0.6 is 23.1 Å². The number of carboxylic acids is 1. The van der Waals surface area contributed by atoms with Gasteiger partial charge in [0.25, 0.3) is 11.8 Å². The number of carbonyl (C=O) groups is 3. The zero-order valence-electron chi connectivity index (χ0n) is 15.9. The van der Waals surface area contributed by atoms with Crippen LogP contribution in [0.3, 0.4) is 0 Å². The number of hydrogen-bond acceptors (Lipinski definition) is 10. The van der Waals surface area contributed by atoms with Crippen LogP contribution in [-0.2, 0) is 24.0 Å². The van der Waals surface area contributed by atoms with Crippen LogP contribution in [0.25, 0.3) is 0 Å². The number of nitrogens with two attached hydrogens (primary N) is 1. The molecule has 2 atom stereocenters. The molecule has 3 rings (SSSR count). The Morgan fingerprint density at radius 1 is 1.50 bits per heavy atom. The van der Waals surface area contributed by atoms with E-state index in [1.807, 2.05) is 0 Å². The fourth-order valence-corrected chi connectivity index (χ4v) is 4.66. The highest BCUT2D eigenvalue weighted by atomic mass is 32.2. The van der Waals surface area contributed by atoms with E-state index >= 15 is 0 Å². The van der Waals surface area contributed by atoms with Crippen LogP contribution in [0.15, 0.2) is 21.8 Å². The molecule has 0 aromatic carbocycles. The number of ether oxygens (including phenoxy) is 1. The van der Waals surface area contributed by atoms with Gasteiger partial charge in [-0.3, -0.25) is 14.5 Å². The lowest BCUT2D eigenvalue weighted by Gasteiger charge is -2.48. The van der Waals surface area contributed by atoms with Gasteiger partial charge >= 0.3 is 5.97 Å². The lowest BCUT2D eigenvalue weighted by Crippen LogP contribution is -2.71. The number of fused-ring (bicyclic) bond motifs is 1. The lowest BCUT2D eigenvalue weighted by atomic mass is 10.0. The van der Waals surface area contributed by atoms with Crippen LogP contribution in [0.4, 0.5) is 5.13 Å². The number of methoxy groups -OCH3 is 1. The number of nitrogens with zero attached hydrogens (tertiary/aromatic N) is 3. The van der Waals surface area contributed by atoms with Crippen molar-refractivity contribution in [3.8, 4) is 11.8 Å². The number of rotatable bonds is 6. The Balaban J connectivity index is 1.79. The normalized spacial score (nSPS) is 20.7. The number of aliphatic carboxylic acids is 1. The SMILES string of the molecule is COCC#CC1=C(C(=O)O)N2C(=O)[C@@H](NC(=O)/C(=N\OC)c3csc(N)n3)[C@H]2SC1. The number of hydrogen-bond donors (Lipinski definition) is 3. The third-order valence-electron chi connectivity index (χ3n) is 4.08. The molecule has 0 radical (unpaired) electrons. The van der Waals surface area contributed by atoms with Crippen molar-refractivity contribution < 1.29 is 29.1 Å². The number of β-lactam (4-membered cyclic amide) rings is 1. The van der Waals surface area contributed by atoms with Crippen molar-refractivity contribution in [3.63, 3.8) is 0 Å². The number of nitrogen functional groups attached to an aromatic ring is 1. The molecule has 2 amide bonds. The Labute approximate surface area is 179 Å². The third kappa shape index (κ3) is 4.11. The van der Waals surface area contributed by atoms with Gasteiger partial charge in [0.05, 0.1) is 0 Å². The van der Waals surface area contributed by atoms with Crippen LogP contribution in [-0.4, -0.2) is 76.5 Å². The Morgan fingerprint density at radius 2 is 2.27 bits per heavy atom. The monoisotopic (exact) mass is 451 g/mol. The van der Waals surface area contributed by atoms with E-state index < -0.39 is 29.2 Å². The lowest BCUT2D eigenvalue weighted by molar-refractivity contribution is -0.150. The molecule has 0 bridgehead atoms. The third-order valence-corrected chi connectivity index (χ3v) is 6.03. The molecule has 1 aromatic heterocycles. The van der Waals surface area contributed by atoms with Gasteiger partial charge < -0.3 is 25.7 Å². The van der Waals surface area contributed by atoms with Crippen molar-refractivity contribution in [1.82, 2.24) is 15.2 Å². The Kier molecular flexibility index (Phi) is 6.60. The number of thioether (sulfide) groups is 1. The number of oxime groups is 1. The first kappa shape index (κ1) is 21.6. The van der Waals surface area contributed by atoms with Crippen LogP contribution in [0.2, 0.25) is 0 Å². The summed E-state index contributed by atoms with van der Waals surface area (Å²) < 4.78 is 4.84. The van der Waals surface area contributed by atoms with Gasteiger partial charge in [0.2, 0.25) is 0 Å². The Bertz CT molecular complexity index is 1010. The largest absolute Gasteiger partial charge is 0.477 e. The van der Waals surface area contributed by atoms with E-state index in [0.717, 1.165) is 16.2 Å². The maximum atomic E-state index is 12.7. The van der Waals surface area contributed by atoms with Gasteiger partial charge in [-0.05, 0) is 0 Å². The van der Waals surface area contributed by atoms with Gasteiger partial charge in [-0.25, -0.2) is 9.78 Å². The summed E-state index contributed by atoms with van der Waals surface area (Å²) in [6, 6.07) is -0.927. The van der Waals surface area contributed by atoms with E-state index in [2.05, 4.69) is 27.3 Å². The second kappa shape index (κ2) is 9.16. The average Bonchev–Trinajstić information content (AvgIpc) is 3.15. The average molecular weight is 451 g/mol. The minimum Gasteiger partial charge on any atom is -0.477 e. The van der Waals surface area contributed by atoms with Crippen molar-refractivity contribution in [2.75, 3.05) is 32.3 Å². The van der Waals surface area contributed by atoms with Gasteiger partial charge in [-0.1, -0.05) is 17.0 Å². The predicted octanol–water partition coefficient (Wildman–Crippen LogP) is -0.536. The highest BCUT2D eigenvalue weighted by Crippen LogP contribution is 2.40. The molecule has 11 nitrogen and oxygen atoms in total. The molecule has 2 aliphatic rings. The molecule has 158 valence electrons. The molecule has 0 spiro atoms. The van der Waals surface area contributed by atoms with Crippen molar-refractivity contribution >= 4 is 51.7 Å². The van der Waals surface area contributed by atoms with E-state index in [4.69, 9.17) is 15.3 Å². The number of carbonyl (C=O) groups excluding carboxylic acids is 2. The number of aromatic nitrogens is 1. The maximum Gasteiger partial charge on any atom is 0.353 e. The first-order valence-electron chi connectivity index (χ1n) is 8.41. The highest BCUT2D eigenvalue weighted by Gasteiger charge is 2.54. The number of amides is 2. The summed E-state index contributed by atoms with van der Waals surface area (Å²) in [5.41, 5.74) is 5.80. The second-order valence-corrected chi connectivity index (χ2v) is 7.92. The molecule has 0 saturated carbocycles. The molecule has 3 heterocycles. The van der Waals surface area contributed by atoms with Gasteiger partial charge in [0, 0.05) is 23.8 Å². The zero-order valence-corrected chi connectivity index (χ0v) is 17.5. The van der Waals surface area contributed by atoms with Gasteiger partial charge in [0.1, 0.15) is 36.5 Å². The van der Waals surface area contributed by atoms with Crippen molar-refractivity contribution in [1.29, 1.82) is 0 Å². The summed E-state index contributed by atoms with van der Waals surface area (Å²) in [4.78, 5) is 46.9. The zero-order chi connectivity index (χ0) is 21.8. The van der Waals surface area contributed by atoms with E-state index in [1.54, 1.807) is 0 Å². The number of nitrogens with one attached hydrogen (secondary N) is 1. The number of carboxylic acid groups (broad SMARTS) is 1. The highest BCUT2D eigenvalue weighted by molar-refractivity contribution is 8.00. The van der Waals surface area contributed by atoms with E-state index in [1.165, 1.54) is 31.4 Å². The van der Waals surface area contributed by atoms with Crippen LogP contribution in [0.1, 0.15) is 5.69 Å². The summed E-state index contributed by atoms with van der Waals surface area (Å²) in [6.45, 7) is 0.139. The topological polar surface area (TPSA) is 156 Å². The van der Waals surface area contributed by atoms with E-state index in [9.17, 15) is 19.5 Å². The first-order valence-corrected chi connectivity index (χ1v) is 10.3. The second-order valence-electron chi connectivity index (χ2n) is 5.92. The molecule has 0 unspecified atom stereocenters. The summed E-state index contributed by atoms with van der Waals surface area (Å²) in [6.07, 6.45) is 0. The molecular formula is C17H17N5O6S2. The van der Waals surface area contributed by atoms with Crippen LogP contribution < -0.4 is 11.1 Å². The van der Waals surface area contributed by atoms with Gasteiger partial charge in [0.15, 0.2) is 10.8 Å². The molecule has 13 heteroatoms. The standard InChI is InChI=1S/C17H17N5O6S2/c1-27-5-3-4-8-6-29-15-11(14(24)22(15)12(8)16(25)26)20-13(23)10(21-28-2)9-7-30-17(18)19-9/h7,11,15H,5-6H2,1-2H3,(H2,18,19)(H,20,23)(H,25,26)/b21-10-/t11-,15-/m1/s1. The van der Waals surface area contributed by atoms with Crippen molar-refractivity contribution in [3.05, 3.63) is 22.3 Å². The molecule has 0 aliphatic carbocycles. The molecule has 1 saturated heterocycles. The Hall–Kier alpha value is -3.08. The number of thiazole rings is 1. The minimum absolute atomic E-state index is 0.139. The summed E-state index contributed by atoms with van der Waals surface area (Å²) in [7, 11) is 2.74. The fraction of sp³-hybridized carbons (Fsp3) is 0.353. The predicted molar refractivity (Wildman–Crippen MR) is 109 cm³/mol. The molecule has 30 heavy (non-hydrogen) atoms. The van der Waals surface area contributed by atoms with Gasteiger partial charge in [-0.2, -0.15) is 0 Å². The van der Waals surface area contributed by atoms with E-state index in [-0.39, 0.29) is 34.6 Å².